The minimum absolute atomic E-state index is 0.102. The van der Waals surface area contributed by atoms with Crippen molar-refractivity contribution in [3.05, 3.63) is 52.9 Å². The van der Waals surface area contributed by atoms with Crippen molar-refractivity contribution in [3.63, 3.8) is 0 Å². The van der Waals surface area contributed by atoms with E-state index in [2.05, 4.69) is 21.8 Å². The number of benzene rings is 1. The van der Waals surface area contributed by atoms with Gasteiger partial charge in [-0.05, 0) is 37.0 Å². The molecule has 0 fully saturated rings. The second kappa shape index (κ2) is 6.66. The normalized spacial score (nSPS) is 11.0. The van der Waals surface area contributed by atoms with E-state index in [9.17, 15) is 4.39 Å². The molecule has 2 rings (SSSR count). The summed E-state index contributed by atoms with van der Waals surface area (Å²) in [5.74, 6) is -0.102. The summed E-state index contributed by atoms with van der Waals surface area (Å²) < 4.78 is 15.7. The third-order valence-electron chi connectivity index (χ3n) is 3.39. The zero-order chi connectivity index (χ0) is 14.5. The third-order valence-corrected chi connectivity index (χ3v) is 3.39. The van der Waals surface area contributed by atoms with Crippen LogP contribution in [-0.2, 0) is 19.6 Å². The molecule has 0 amide bonds. The monoisotopic (exact) mass is 275 g/mol. The molecule has 0 saturated carbocycles. The molecule has 1 heterocycles. The second-order valence-electron chi connectivity index (χ2n) is 5.23. The third kappa shape index (κ3) is 3.45. The quantitative estimate of drug-likeness (QED) is 0.876. The number of aromatic nitrogens is 2. The summed E-state index contributed by atoms with van der Waals surface area (Å²) in [5.41, 5.74) is 3.71. The Labute approximate surface area is 119 Å². The molecule has 0 atom stereocenters. The Hall–Kier alpha value is -1.68. The molecule has 0 radical (unpaired) electrons. The molecule has 2 aromatic rings. The van der Waals surface area contributed by atoms with Gasteiger partial charge in [0.1, 0.15) is 5.82 Å². The van der Waals surface area contributed by atoms with Crippen molar-refractivity contribution < 1.29 is 4.39 Å². The van der Waals surface area contributed by atoms with Gasteiger partial charge >= 0.3 is 0 Å². The van der Waals surface area contributed by atoms with E-state index < -0.39 is 0 Å². The van der Waals surface area contributed by atoms with Crippen LogP contribution in [0.15, 0.2) is 24.7 Å². The first-order valence-electron chi connectivity index (χ1n) is 7.07. The Morgan fingerprint density at radius 1 is 1.20 bits per heavy atom. The molecule has 1 N–H and O–H groups in total. The summed E-state index contributed by atoms with van der Waals surface area (Å²) >= 11 is 0. The van der Waals surface area contributed by atoms with Crippen molar-refractivity contribution in [2.45, 2.75) is 46.8 Å². The van der Waals surface area contributed by atoms with Gasteiger partial charge < -0.3 is 9.88 Å². The molecular formula is C16H22FN3. The van der Waals surface area contributed by atoms with Gasteiger partial charge in [-0.15, -0.1) is 0 Å². The number of imidazole rings is 1. The van der Waals surface area contributed by atoms with Crippen molar-refractivity contribution in [3.8, 4) is 0 Å². The summed E-state index contributed by atoms with van der Waals surface area (Å²) in [7, 11) is 0. The van der Waals surface area contributed by atoms with Crippen molar-refractivity contribution >= 4 is 0 Å². The smallest absolute Gasteiger partial charge is 0.129 e. The highest BCUT2D eigenvalue weighted by molar-refractivity contribution is 5.30. The predicted octanol–water partition coefficient (Wildman–Crippen LogP) is 3.34. The largest absolute Gasteiger partial charge is 0.333 e. The van der Waals surface area contributed by atoms with Crippen LogP contribution in [-0.4, -0.2) is 9.55 Å². The lowest BCUT2D eigenvalue weighted by Crippen LogP contribution is -2.16. The van der Waals surface area contributed by atoms with Crippen LogP contribution in [0, 0.1) is 19.7 Å². The Bertz CT molecular complexity index is 552. The van der Waals surface area contributed by atoms with Crippen LogP contribution in [0.5, 0.6) is 0 Å². The fourth-order valence-electron chi connectivity index (χ4n) is 2.41. The van der Waals surface area contributed by atoms with Gasteiger partial charge in [-0.25, -0.2) is 9.37 Å². The molecule has 20 heavy (non-hydrogen) atoms. The van der Waals surface area contributed by atoms with Crippen molar-refractivity contribution in [1.82, 2.24) is 14.9 Å². The highest BCUT2D eigenvalue weighted by atomic mass is 19.1. The van der Waals surface area contributed by atoms with Crippen LogP contribution >= 0.6 is 0 Å². The number of hydrogen-bond donors (Lipinski definition) is 1. The average molecular weight is 275 g/mol. The maximum Gasteiger partial charge on any atom is 0.129 e. The highest BCUT2D eigenvalue weighted by Crippen LogP contribution is 2.14. The van der Waals surface area contributed by atoms with Gasteiger partial charge in [0.05, 0.1) is 12.0 Å². The first-order chi connectivity index (χ1) is 9.61. The van der Waals surface area contributed by atoms with E-state index in [4.69, 9.17) is 0 Å². The molecule has 0 bridgehead atoms. The standard InChI is InChI=1S/C16H22FN3/c1-4-5-20-11-19-10-15(20)9-18-8-14-6-12(2)16(17)13(3)7-14/h6-7,10-11,18H,4-5,8-9H2,1-3H3. The molecule has 0 aliphatic heterocycles. The van der Waals surface area contributed by atoms with Crippen molar-refractivity contribution in [1.29, 1.82) is 0 Å². The van der Waals surface area contributed by atoms with Crippen LogP contribution in [0.1, 0.15) is 35.7 Å². The molecular weight excluding hydrogens is 253 g/mol. The first-order valence-corrected chi connectivity index (χ1v) is 7.07. The van der Waals surface area contributed by atoms with E-state index in [0.717, 1.165) is 31.6 Å². The molecule has 3 nitrogen and oxygen atoms in total. The maximum absolute atomic E-state index is 13.6. The number of nitrogens with one attached hydrogen (secondary N) is 1. The molecule has 0 spiro atoms. The lowest BCUT2D eigenvalue weighted by atomic mass is 10.1. The predicted molar refractivity (Wildman–Crippen MR) is 78.9 cm³/mol. The maximum atomic E-state index is 13.6. The molecule has 0 saturated heterocycles. The molecule has 0 unspecified atom stereocenters. The van der Waals surface area contributed by atoms with Gasteiger partial charge in [0.2, 0.25) is 0 Å². The molecule has 4 heteroatoms. The van der Waals surface area contributed by atoms with Crippen molar-refractivity contribution in [2.75, 3.05) is 0 Å². The molecule has 1 aromatic heterocycles. The SMILES string of the molecule is CCCn1cncc1CNCc1cc(C)c(F)c(C)c1. The Balaban J connectivity index is 1.94. The Morgan fingerprint density at radius 3 is 2.55 bits per heavy atom. The van der Waals surface area contributed by atoms with Gasteiger partial charge in [0.15, 0.2) is 0 Å². The molecule has 0 aliphatic rings. The number of aryl methyl sites for hydroxylation is 3. The lowest BCUT2D eigenvalue weighted by molar-refractivity contribution is 0.594. The van der Waals surface area contributed by atoms with E-state index in [1.54, 1.807) is 0 Å². The molecule has 1 aromatic carbocycles. The number of hydrogen-bond acceptors (Lipinski definition) is 2. The van der Waals surface area contributed by atoms with Gasteiger partial charge in [-0.2, -0.15) is 0 Å². The minimum atomic E-state index is -0.102. The number of nitrogens with zero attached hydrogens (tertiary/aromatic N) is 2. The number of halogens is 1. The van der Waals surface area contributed by atoms with Crippen LogP contribution in [0.3, 0.4) is 0 Å². The van der Waals surface area contributed by atoms with Gasteiger partial charge in [0, 0.05) is 25.8 Å². The van der Waals surface area contributed by atoms with Crippen LogP contribution < -0.4 is 5.32 Å². The second-order valence-corrected chi connectivity index (χ2v) is 5.23. The van der Waals surface area contributed by atoms with E-state index in [1.165, 1.54) is 5.69 Å². The number of rotatable bonds is 6. The van der Waals surface area contributed by atoms with Gasteiger partial charge in [0.25, 0.3) is 0 Å². The summed E-state index contributed by atoms with van der Waals surface area (Å²) in [5, 5.41) is 3.39. The van der Waals surface area contributed by atoms with Gasteiger partial charge in [-0.1, -0.05) is 19.1 Å². The van der Waals surface area contributed by atoms with Crippen molar-refractivity contribution in [2.24, 2.45) is 0 Å². The summed E-state index contributed by atoms with van der Waals surface area (Å²) in [6.07, 6.45) is 4.86. The van der Waals surface area contributed by atoms with E-state index in [-0.39, 0.29) is 5.82 Å². The van der Waals surface area contributed by atoms with E-state index >= 15 is 0 Å². The summed E-state index contributed by atoms with van der Waals surface area (Å²) in [6.45, 7) is 8.27. The molecule has 108 valence electrons. The fourth-order valence-corrected chi connectivity index (χ4v) is 2.41. The fraction of sp³-hybridized carbons (Fsp3) is 0.438. The zero-order valence-corrected chi connectivity index (χ0v) is 12.4. The Morgan fingerprint density at radius 2 is 1.90 bits per heavy atom. The zero-order valence-electron chi connectivity index (χ0n) is 12.4. The summed E-state index contributed by atoms with van der Waals surface area (Å²) in [4.78, 5) is 4.18. The van der Waals surface area contributed by atoms with E-state index in [1.807, 2.05) is 38.5 Å². The van der Waals surface area contributed by atoms with Crippen LogP contribution in [0.25, 0.3) is 0 Å². The lowest BCUT2D eigenvalue weighted by Gasteiger charge is -2.10. The minimum Gasteiger partial charge on any atom is -0.333 e. The summed E-state index contributed by atoms with van der Waals surface area (Å²) in [6, 6.07) is 3.80. The topological polar surface area (TPSA) is 29.9 Å². The van der Waals surface area contributed by atoms with Crippen LogP contribution in [0.2, 0.25) is 0 Å². The highest BCUT2D eigenvalue weighted by Gasteiger charge is 2.05. The van der Waals surface area contributed by atoms with E-state index in [0.29, 0.717) is 11.1 Å². The first kappa shape index (κ1) is 14.7. The van der Waals surface area contributed by atoms with Gasteiger partial charge in [-0.3, -0.25) is 0 Å². The Kier molecular flexibility index (Phi) is 4.90. The average Bonchev–Trinajstić information content (AvgIpc) is 2.84. The van der Waals surface area contributed by atoms with Crippen LogP contribution in [0.4, 0.5) is 4.39 Å². The molecule has 0 aliphatic carbocycles.